The first-order valence-electron chi connectivity index (χ1n) is 5.38. The molecule has 0 bridgehead atoms. The highest BCUT2D eigenvalue weighted by atomic mass is 35.5. The van der Waals surface area contributed by atoms with Gasteiger partial charge in [-0.3, -0.25) is 0 Å². The van der Waals surface area contributed by atoms with Crippen LogP contribution in [0, 0.1) is 0 Å². The maximum atomic E-state index is 5.89. The Morgan fingerprint density at radius 1 is 1.47 bits per heavy atom. The molecule has 92 valence electrons. The summed E-state index contributed by atoms with van der Waals surface area (Å²) in [6.45, 7) is 5.52. The summed E-state index contributed by atoms with van der Waals surface area (Å²) in [5.41, 5.74) is 0. The van der Waals surface area contributed by atoms with E-state index in [4.69, 9.17) is 11.6 Å². The van der Waals surface area contributed by atoms with E-state index < -0.39 is 0 Å². The van der Waals surface area contributed by atoms with Crippen LogP contribution in [0.1, 0.15) is 24.5 Å². The smallest absolute Gasteiger partial charge is 0.165 e. The Morgan fingerprint density at radius 2 is 2.29 bits per heavy atom. The van der Waals surface area contributed by atoms with Crippen molar-refractivity contribution in [3.63, 3.8) is 0 Å². The van der Waals surface area contributed by atoms with Crippen molar-refractivity contribution in [2.24, 2.45) is 0 Å². The normalized spacial score (nSPS) is 11.3. The Balaban J connectivity index is 2.03. The van der Waals surface area contributed by atoms with Crippen LogP contribution < -0.4 is 5.32 Å². The van der Waals surface area contributed by atoms with Gasteiger partial charge >= 0.3 is 0 Å². The molecule has 2 aromatic rings. The number of nitrogens with one attached hydrogen (secondary N) is 1. The van der Waals surface area contributed by atoms with E-state index in [1.54, 1.807) is 16.0 Å². The van der Waals surface area contributed by atoms with Gasteiger partial charge in [0.05, 0.1) is 17.4 Å². The van der Waals surface area contributed by atoms with Crippen molar-refractivity contribution in [2.75, 3.05) is 0 Å². The predicted molar refractivity (Wildman–Crippen MR) is 68.2 cm³/mol. The lowest BCUT2D eigenvalue weighted by Crippen LogP contribution is -2.24. The van der Waals surface area contributed by atoms with Crippen LogP contribution in [0.5, 0.6) is 0 Å². The van der Waals surface area contributed by atoms with Crippen molar-refractivity contribution in [3.05, 3.63) is 27.2 Å². The maximum absolute atomic E-state index is 5.89. The van der Waals surface area contributed by atoms with Crippen molar-refractivity contribution >= 4 is 22.9 Å². The Morgan fingerprint density at radius 3 is 2.94 bits per heavy atom. The molecule has 7 heteroatoms. The van der Waals surface area contributed by atoms with Gasteiger partial charge in [0.2, 0.25) is 0 Å². The topological polar surface area (TPSA) is 55.6 Å². The van der Waals surface area contributed by atoms with Crippen molar-refractivity contribution in [2.45, 2.75) is 33.0 Å². The molecule has 0 aliphatic rings. The van der Waals surface area contributed by atoms with Gasteiger partial charge in [-0.2, -0.15) is 0 Å². The number of tetrazole rings is 1. The molecule has 5 nitrogen and oxygen atoms in total. The van der Waals surface area contributed by atoms with Gasteiger partial charge in [0.1, 0.15) is 0 Å². The number of aromatic nitrogens is 4. The SMILES string of the molecule is CC(C)NCc1nnnn1Cc1ccc(Cl)s1. The summed E-state index contributed by atoms with van der Waals surface area (Å²) in [5, 5.41) is 15.0. The van der Waals surface area contributed by atoms with Crippen molar-refractivity contribution in [1.29, 1.82) is 0 Å². The van der Waals surface area contributed by atoms with Gasteiger partial charge in [-0.1, -0.05) is 25.4 Å². The van der Waals surface area contributed by atoms with Crippen LogP contribution in [0.25, 0.3) is 0 Å². The van der Waals surface area contributed by atoms with Crippen LogP contribution >= 0.6 is 22.9 Å². The maximum Gasteiger partial charge on any atom is 0.165 e. The van der Waals surface area contributed by atoms with Crippen molar-refractivity contribution < 1.29 is 0 Å². The standard InChI is InChI=1S/C10H14ClN5S/c1-7(2)12-5-10-13-14-15-16(10)6-8-3-4-9(11)17-8/h3-4,7,12H,5-6H2,1-2H3. The highest BCUT2D eigenvalue weighted by molar-refractivity contribution is 7.16. The van der Waals surface area contributed by atoms with Gasteiger partial charge in [-0.25, -0.2) is 4.68 Å². The molecule has 0 radical (unpaired) electrons. The lowest BCUT2D eigenvalue weighted by atomic mass is 10.4. The summed E-state index contributed by atoms with van der Waals surface area (Å²) in [6, 6.07) is 4.29. The van der Waals surface area contributed by atoms with Gasteiger partial charge in [0.15, 0.2) is 5.82 Å². The molecule has 0 atom stereocenters. The minimum Gasteiger partial charge on any atom is -0.308 e. The molecule has 0 aliphatic heterocycles. The molecule has 2 rings (SSSR count). The minimum absolute atomic E-state index is 0.413. The molecule has 0 saturated heterocycles. The summed E-state index contributed by atoms with van der Waals surface area (Å²) in [6.07, 6.45) is 0. The highest BCUT2D eigenvalue weighted by Crippen LogP contribution is 2.22. The lowest BCUT2D eigenvalue weighted by molar-refractivity contribution is 0.539. The molecule has 0 fully saturated rings. The van der Waals surface area contributed by atoms with Crippen molar-refractivity contribution in [3.8, 4) is 0 Å². The number of nitrogens with zero attached hydrogens (tertiary/aromatic N) is 4. The molecule has 0 amide bonds. The molecular formula is C10H14ClN5S. The van der Waals surface area contributed by atoms with Gasteiger partial charge in [0.25, 0.3) is 0 Å². The van der Waals surface area contributed by atoms with E-state index in [0.717, 1.165) is 15.0 Å². The van der Waals surface area contributed by atoms with Crippen molar-refractivity contribution in [1.82, 2.24) is 25.5 Å². The second-order valence-corrected chi connectivity index (χ2v) is 5.79. The zero-order chi connectivity index (χ0) is 12.3. The van der Waals surface area contributed by atoms with Crippen LogP contribution in [-0.2, 0) is 13.1 Å². The monoisotopic (exact) mass is 271 g/mol. The number of rotatable bonds is 5. The van der Waals surface area contributed by atoms with E-state index in [1.807, 2.05) is 12.1 Å². The van der Waals surface area contributed by atoms with Crippen LogP contribution in [0.2, 0.25) is 4.34 Å². The van der Waals surface area contributed by atoms with Gasteiger partial charge in [0, 0.05) is 10.9 Å². The van der Waals surface area contributed by atoms with Crippen LogP contribution in [0.4, 0.5) is 0 Å². The molecule has 2 heterocycles. The van der Waals surface area contributed by atoms with E-state index in [1.165, 1.54) is 0 Å². The first kappa shape index (κ1) is 12.5. The number of hydrogen-bond donors (Lipinski definition) is 1. The van der Waals surface area contributed by atoms with Gasteiger partial charge in [-0.15, -0.1) is 16.4 Å². The largest absolute Gasteiger partial charge is 0.308 e. The minimum atomic E-state index is 0.413. The van der Waals surface area contributed by atoms with E-state index in [0.29, 0.717) is 19.1 Å². The summed E-state index contributed by atoms with van der Waals surface area (Å²) in [4.78, 5) is 1.15. The zero-order valence-electron chi connectivity index (χ0n) is 9.72. The Labute approximate surface area is 109 Å². The Kier molecular flexibility index (Phi) is 4.09. The van der Waals surface area contributed by atoms with Crippen LogP contribution in [0.15, 0.2) is 12.1 Å². The summed E-state index contributed by atoms with van der Waals surface area (Å²) in [5.74, 6) is 0.836. The fraction of sp³-hybridized carbons (Fsp3) is 0.500. The molecule has 0 unspecified atom stereocenters. The highest BCUT2D eigenvalue weighted by Gasteiger charge is 2.08. The molecular weight excluding hydrogens is 258 g/mol. The average Bonchev–Trinajstić information content (AvgIpc) is 2.86. The first-order chi connectivity index (χ1) is 8.15. The van der Waals surface area contributed by atoms with E-state index in [9.17, 15) is 0 Å². The summed E-state index contributed by atoms with van der Waals surface area (Å²) >= 11 is 7.44. The number of hydrogen-bond acceptors (Lipinski definition) is 5. The van der Waals surface area contributed by atoms with E-state index >= 15 is 0 Å². The predicted octanol–water partition coefficient (Wildman–Crippen LogP) is 1.93. The first-order valence-corrected chi connectivity index (χ1v) is 6.57. The zero-order valence-corrected chi connectivity index (χ0v) is 11.3. The van der Waals surface area contributed by atoms with E-state index in [-0.39, 0.29) is 0 Å². The van der Waals surface area contributed by atoms with E-state index in [2.05, 4.69) is 34.7 Å². The van der Waals surface area contributed by atoms with Crippen LogP contribution in [-0.4, -0.2) is 26.2 Å². The summed E-state index contributed by atoms with van der Waals surface area (Å²) < 4.78 is 2.58. The molecule has 0 spiro atoms. The quantitative estimate of drug-likeness (QED) is 0.903. The van der Waals surface area contributed by atoms with Crippen LogP contribution in [0.3, 0.4) is 0 Å². The van der Waals surface area contributed by atoms with Gasteiger partial charge in [-0.05, 0) is 22.6 Å². The Bertz CT molecular complexity index is 479. The average molecular weight is 272 g/mol. The molecule has 0 aliphatic carbocycles. The number of halogens is 1. The fourth-order valence-electron chi connectivity index (χ4n) is 1.35. The third kappa shape index (κ3) is 3.49. The fourth-order valence-corrected chi connectivity index (χ4v) is 2.42. The molecule has 0 aromatic carbocycles. The number of thiophene rings is 1. The summed E-state index contributed by atoms with van der Waals surface area (Å²) in [7, 11) is 0. The molecule has 2 aromatic heterocycles. The third-order valence-electron chi connectivity index (χ3n) is 2.21. The lowest BCUT2D eigenvalue weighted by Gasteiger charge is -2.07. The Hall–Kier alpha value is -0.980. The molecule has 1 N–H and O–H groups in total. The molecule has 17 heavy (non-hydrogen) atoms. The second kappa shape index (κ2) is 5.57. The third-order valence-corrected chi connectivity index (χ3v) is 3.42. The second-order valence-electron chi connectivity index (χ2n) is 3.99. The molecule has 0 saturated carbocycles. The van der Waals surface area contributed by atoms with Gasteiger partial charge < -0.3 is 5.32 Å².